The van der Waals surface area contributed by atoms with Crippen LogP contribution in [0.15, 0.2) is 140 Å². The van der Waals surface area contributed by atoms with E-state index in [1.165, 1.54) is 70.1 Å². The number of benzene rings is 7. The number of methoxy groups -OCH3 is 1. The van der Waals surface area contributed by atoms with Crippen molar-refractivity contribution in [2.24, 2.45) is 51.2 Å². The minimum atomic E-state index is -3.35. The van der Waals surface area contributed by atoms with Gasteiger partial charge in [0.05, 0.1) is 101 Å². The first-order valence-corrected chi connectivity index (χ1v) is 48.1. The number of hydrogen-bond donors (Lipinski definition) is 13. The fraction of sp³-hybridized carbons (Fsp3) is 0.490. The summed E-state index contributed by atoms with van der Waals surface area (Å²) in [6.07, 6.45) is 25.8. The number of hydrogen-bond acceptors (Lipinski definition) is 14. The molecule has 698 valence electrons. The smallest absolute Gasteiger partial charge is 0.321 e. The number of nitrogens with zero attached hydrogens (tertiary/aromatic N) is 8. The molecule has 25 nitrogen and oxygen atoms in total. The van der Waals surface area contributed by atoms with Crippen LogP contribution in [-0.2, 0) is 0 Å². The number of aliphatic hydroxyl groups excluding tert-OH is 5. The topological polar surface area (TPSA) is 351 Å². The summed E-state index contributed by atoms with van der Waals surface area (Å²) in [6, 6.07) is 32.1. The zero-order valence-electron chi connectivity index (χ0n) is 74.2. The van der Waals surface area contributed by atoms with Crippen LogP contribution < -0.4 is 20.7 Å². The molecule has 5 saturated carbocycles. The molecule has 5 unspecified atom stereocenters. The van der Waals surface area contributed by atoms with Crippen LogP contribution in [0.2, 0.25) is 30.1 Å². The third-order valence-corrected chi connectivity index (χ3v) is 31.3. The number of urea groups is 3. The van der Waals surface area contributed by atoms with E-state index < -0.39 is 53.2 Å². The standard InChI is InChI=1S/C24H29ClN4O3.C23H26Cl2N4O2.C18H21ClF2N4O2.C17H21ClN2O.C16H19ClN2O/c1-24(2,22(30)20-13-17(25)12-15-14-26-28-21(15)20)16-8-10-29(11-9-16)23(31)27-18-4-6-19(32-3)7-5-18;1-23(2,21(30)17-12-16(24)11-14-13-26-28-20(14)17)15-7-9-29(10-8-15)22(31)27-19-6-4-3-5-18(19)25;19-12-7-10-9-22-24-15(10)14(8-12)16(26)18(20,21)11-3-5-25(6-4-11)17(27)23-13-1-2-13;18-13-8-11-10-19-20-15(11)14(9-13)16(21)17(6-7-17)12-4-2-1-3-5-12;17-12-7-10-9-18-19-14(10)13(8-12)15(20)16(5-2-6-16)11-3-1-4-11/h4-7,12-14,16,22,30H,8-11H2,1-3H3,(H,26,28)(H,27,31);3-6,11-13,15,21,30H,7-10H2,1-2H3,(H,26,28)(H,27,31);7-9,11,13,16,26H,1-6H2,(H,22,24)(H,23,27);8-10,12,16,21H,1-7H2,(H,19,20);7-9,11,15,20H,1-6H2,(H,18,19). The van der Waals surface area contributed by atoms with Crippen LogP contribution in [0.4, 0.5) is 34.5 Å². The summed E-state index contributed by atoms with van der Waals surface area (Å²) in [5, 5.41) is 107. The maximum absolute atomic E-state index is 15.1. The van der Waals surface area contributed by atoms with Crippen LogP contribution in [-0.4, -0.2) is 168 Å². The van der Waals surface area contributed by atoms with Gasteiger partial charge < -0.3 is 60.9 Å². The highest BCUT2D eigenvalue weighted by atomic mass is 35.5. The third-order valence-electron chi connectivity index (χ3n) is 29.9. The highest BCUT2D eigenvalue weighted by molar-refractivity contribution is 6.34. The summed E-state index contributed by atoms with van der Waals surface area (Å²) in [6.45, 7) is 11.3. The van der Waals surface area contributed by atoms with Crippen LogP contribution >= 0.6 is 69.6 Å². The Morgan fingerprint density at radius 1 is 0.420 bits per heavy atom. The predicted molar refractivity (Wildman–Crippen MR) is 512 cm³/mol. The molecule has 6 amide bonds. The van der Waals surface area contributed by atoms with Gasteiger partial charge in [-0.15, -0.1) is 0 Å². The number of carbonyl (C=O) groups is 3. The van der Waals surface area contributed by atoms with Gasteiger partial charge in [-0.3, -0.25) is 25.5 Å². The minimum Gasteiger partial charge on any atom is -0.497 e. The molecule has 5 aromatic heterocycles. The molecule has 33 heteroatoms. The van der Waals surface area contributed by atoms with E-state index in [0.29, 0.717) is 79.7 Å². The molecule has 5 atom stereocenters. The number of halogens is 8. The number of amides is 6. The molecule has 8 aliphatic rings. The molecule has 0 spiro atoms. The van der Waals surface area contributed by atoms with Crippen LogP contribution in [0.5, 0.6) is 5.75 Å². The molecule has 0 radical (unpaired) electrons. The molecule has 13 N–H and O–H groups in total. The van der Waals surface area contributed by atoms with Crippen LogP contribution in [0, 0.1) is 51.2 Å². The Balaban J connectivity index is 0.000000121. The van der Waals surface area contributed by atoms with E-state index in [1.54, 1.807) is 66.0 Å². The second-order valence-electron chi connectivity index (χ2n) is 38.3. The fourth-order valence-corrected chi connectivity index (χ4v) is 22.4. The number of H-pyrrole nitrogens is 5. The van der Waals surface area contributed by atoms with Crippen LogP contribution in [0.1, 0.15) is 221 Å². The molecule has 131 heavy (non-hydrogen) atoms. The lowest BCUT2D eigenvalue weighted by atomic mass is 9.52. The SMILES string of the molecule is CC(C)(C1CCN(C(=O)Nc2ccccc2Cl)CC1)C(O)c1cc(Cl)cc2cn[nH]c12.COc1ccc(NC(=O)N2CCC(C(C)(C)C(O)c3cc(Cl)cc4cn[nH]c34)CC2)cc1.O=C(NC1CC1)N1CCC(C(F)(F)C(O)c2cc(Cl)cc3cn[nH]c23)CC1.OC(c1cc(Cl)cc2cn[nH]c12)C1(C2CCC2)CCC1.OC(c1cc(Cl)cc2cn[nH]c12)C1(C2CCCCC2)CC1. The maximum Gasteiger partial charge on any atom is 0.321 e. The summed E-state index contributed by atoms with van der Waals surface area (Å²) >= 11 is 37.2. The number of para-hydroxylation sites is 1. The summed E-state index contributed by atoms with van der Waals surface area (Å²) < 4.78 is 35.3. The van der Waals surface area contributed by atoms with Gasteiger partial charge in [0.15, 0.2) is 0 Å². The Bertz CT molecular complexity index is 5980. The second kappa shape index (κ2) is 40.2. The summed E-state index contributed by atoms with van der Waals surface area (Å²) in [4.78, 5) is 42.6. The van der Waals surface area contributed by atoms with Crippen LogP contribution in [0.25, 0.3) is 54.5 Å². The van der Waals surface area contributed by atoms with Gasteiger partial charge in [0.2, 0.25) is 0 Å². The molecule has 5 aliphatic carbocycles. The van der Waals surface area contributed by atoms with Crippen molar-refractivity contribution >= 4 is 154 Å². The largest absolute Gasteiger partial charge is 0.497 e. The first-order valence-electron chi connectivity index (χ1n) is 45.8. The van der Waals surface area contributed by atoms with E-state index >= 15 is 8.78 Å². The van der Waals surface area contributed by atoms with Gasteiger partial charge in [-0.05, 0) is 234 Å². The number of nitrogens with one attached hydrogen (secondary N) is 8. The van der Waals surface area contributed by atoms with Gasteiger partial charge in [0.25, 0.3) is 5.92 Å². The average Bonchev–Trinajstić information content (AvgIpc) is 1.24. The molecule has 7 aromatic carbocycles. The Kier molecular flexibility index (Phi) is 29.2. The van der Waals surface area contributed by atoms with Gasteiger partial charge in [0, 0.05) is 148 Å². The molecule has 3 saturated heterocycles. The number of likely N-dealkylation sites (tertiary alicyclic amines) is 3. The predicted octanol–water partition coefficient (Wildman–Crippen LogP) is 23.4. The Morgan fingerprint density at radius 2 is 0.771 bits per heavy atom. The van der Waals surface area contributed by atoms with Crippen molar-refractivity contribution in [1.29, 1.82) is 0 Å². The van der Waals surface area contributed by atoms with Gasteiger partial charge in [-0.1, -0.05) is 142 Å². The minimum absolute atomic E-state index is 0.0360. The zero-order chi connectivity index (χ0) is 92.4. The molecular formula is C98H116Cl6F2N16O9. The Hall–Kier alpha value is -9.10. The van der Waals surface area contributed by atoms with Crippen molar-refractivity contribution in [2.45, 2.75) is 205 Å². The molecule has 3 aliphatic heterocycles. The van der Waals surface area contributed by atoms with Crippen molar-refractivity contribution in [3.05, 3.63) is 198 Å². The molecule has 8 fully saturated rings. The number of ether oxygens (including phenoxy) is 1. The van der Waals surface area contributed by atoms with E-state index in [0.717, 1.165) is 142 Å². The van der Waals surface area contributed by atoms with Gasteiger partial charge >= 0.3 is 18.1 Å². The van der Waals surface area contributed by atoms with E-state index in [9.17, 15) is 39.9 Å². The lowest BCUT2D eigenvalue weighted by Crippen LogP contribution is -2.48. The molecule has 8 heterocycles. The van der Waals surface area contributed by atoms with E-state index in [-0.39, 0.29) is 83.3 Å². The Labute approximate surface area is 789 Å². The monoisotopic (exact) mass is 1910 g/mol. The highest BCUT2D eigenvalue weighted by Gasteiger charge is 2.56. The summed E-state index contributed by atoms with van der Waals surface area (Å²) in [5.74, 6) is -1.78. The van der Waals surface area contributed by atoms with E-state index in [4.69, 9.17) is 74.3 Å². The number of aliphatic hydroxyl groups is 5. The van der Waals surface area contributed by atoms with E-state index in [1.807, 2.05) is 83.8 Å². The number of rotatable bonds is 19. The summed E-state index contributed by atoms with van der Waals surface area (Å²) in [5.41, 5.74) is 7.96. The first-order chi connectivity index (χ1) is 62.8. The number of aromatic nitrogens is 10. The first kappa shape index (κ1) is 95.1. The number of fused-ring (bicyclic) bond motifs is 5. The number of aromatic amines is 5. The second-order valence-corrected chi connectivity index (χ2v) is 40.9. The van der Waals surface area contributed by atoms with Gasteiger partial charge in [0.1, 0.15) is 11.9 Å². The molecule has 0 bridgehead atoms. The molecule has 12 aromatic rings. The van der Waals surface area contributed by atoms with Crippen molar-refractivity contribution < 1.29 is 53.4 Å². The third kappa shape index (κ3) is 20.6. The maximum atomic E-state index is 15.1. The van der Waals surface area contributed by atoms with Crippen molar-refractivity contribution in [3.8, 4) is 5.75 Å². The lowest BCUT2D eigenvalue weighted by molar-refractivity contribution is -0.159. The lowest BCUT2D eigenvalue weighted by Gasteiger charge is -2.54. The average molecular weight is 1910 g/mol. The summed E-state index contributed by atoms with van der Waals surface area (Å²) in [7, 11) is 1.61. The zero-order valence-corrected chi connectivity index (χ0v) is 78.7. The van der Waals surface area contributed by atoms with Crippen LogP contribution in [0.3, 0.4) is 0 Å². The normalized spacial score (nSPS) is 19.3. The molecule has 20 rings (SSSR count). The molecular weight excluding hydrogens is 1800 g/mol. The van der Waals surface area contributed by atoms with Gasteiger partial charge in [-0.2, -0.15) is 25.5 Å². The number of carbonyl (C=O) groups excluding carboxylic acids is 3. The van der Waals surface area contributed by atoms with Gasteiger partial charge in [-0.25, -0.2) is 23.2 Å². The van der Waals surface area contributed by atoms with Crippen molar-refractivity contribution in [3.63, 3.8) is 0 Å². The number of alkyl halides is 2. The Morgan fingerprint density at radius 3 is 1.13 bits per heavy atom. The fourth-order valence-electron chi connectivity index (χ4n) is 21.1. The van der Waals surface area contributed by atoms with Crippen molar-refractivity contribution in [1.82, 2.24) is 71.0 Å². The number of piperidine rings is 3. The van der Waals surface area contributed by atoms with E-state index in [2.05, 4.69) is 94.6 Å². The number of anilines is 2. The highest BCUT2D eigenvalue weighted by Crippen LogP contribution is 2.65. The quantitative estimate of drug-likeness (QED) is 0.0358. The van der Waals surface area contributed by atoms with Crippen molar-refractivity contribution in [2.75, 3.05) is 57.0 Å².